The van der Waals surface area contributed by atoms with Gasteiger partial charge in [-0.05, 0) is 66.8 Å². The van der Waals surface area contributed by atoms with E-state index in [-0.39, 0.29) is 5.75 Å². The summed E-state index contributed by atoms with van der Waals surface area (Å²) in [4.78, 5) is 0. The number of phenolic OH excluding ortho intramolecular Hbond substituents is 2. The summed E-state index contributed by atoms with van der Waals surface area (Å²) in [6, 6.07) is 8.92. The smallest absolute Gasteiger partial charge is 0.118 e. The van der Waals surface area contributed by atoms with Crippen LogP contribution in [0.15, 0.2) is 30.3 Å². The first-order chi connectivity index (χ1) is 8.00. The number of benzene rings is 2. The van der Waals surface area contributed by atoms with Gasteiger partial charge < -0.3 is 10.2 Å². The van der Waals surface area contributed by atoms with Gasteiger partial charge in [0.2, 0.25) is 0 Å². The van der Waals surface area contributed by atoms with Crippen LogP contribution >= 0.6 is 0 Å². The van der Waals surface area contributed by atoms with Crippen LogP contribution in [0.5, 0.6) is 11.5 Å². The molecule has 2 heteroatoms. The Morgan fingerprint density at radius 1 is 0.765 bits per heavy atom. The Morgan fingerprint density at radius 2 is 1.47 bits per heavy atom. The lowest BCUT2D eigenvalue weighted by Crippen LogP contribution is -1.90. The first kappa shape index (κ1) is 11.5. The minimum Gasteiger partial charge on any atom is -0.508 e. The molecule has 2 nitrogen and oxygen atoms in total. The van der Waals surface area contributed by atoms with Crippen molar-refractivity contribution < 1.29 is 10.2 Å². The lowest BCUT2D eigenvalue weighted by Gasteiger charge is -2.13. The number of rotatable bonds is 1. The highest BCUT2D eigenvalue weighted by atomic mass is 16.3. The lowest BCUT2D eigenvalue weighted by atomic mass is 9.93. The van der Waals surface area contributed by atoms with E-state index in [1.54, 1.807) is 18.2 Å². The number of phenols is 2. The van der Waals surface area contributed by atoms with Gasteiger partial charge in [-0.3, -0.25) is 0 Å². The van der Waals surface area contributed by atoms with Crippen molar-refractivity contribution in [3.05, 3.63) is 47.0 Å². The zero-order valence-electron chi connectivity index (χ0n) is 10.3. The summed E-state index contributed by atoms with van der Waals surface area (Å²) in [5.41, 5.74) is 5.08. The van der Waals surface area contributed by atoms with Gasteiger partial charge in [0.1, 0.15) is 11.5 Å². The number of hydrogen-bond donors (Lipinski definition) is 2. The number of hydrogen-bond acceptors (Lipinski definition) is 2. The fraction of sp³-hybridized carbons (Fsp3) is 0.200. The highest BCUT2D eigenvalue weighted by molar-refractivity contribution is 5.73. The molecule has 88 valence electrons. The molecule has 0 fully saturated rings. The lowest BCUT2D eigenvalue weighted by molar-refractivity contribution is 0.470. The molecule has 0 aliphatic heterocycles. The second kappa shape index (κ2) is 4.13. The monoisotopic (exact) mass is 228 g/mol. The van der Waals surface area contributed by atoms with Crippen LogP contribution in [-0.2, 0) is 0 Å². The van der Waals surface area contributed by atoms with Crippen LogP contribution in [0.4, 0.5) is 0 Å². The maximum atomic E-state index is 9.65. The predicted molar refractivity (Wildman–Crippen MR) is 69.4 cm³/mol. The summed E-state index contributed by atoms with van der Waals surface area (Å²) in [5, 5.41) is 19.2. The average Bonchev–Trinajstić information content (AvgIpc) is 2.30. The van der Waals surface area contributed by atoms with Gasteiger partial charge in [0, 0.05) is 0 Å². The Labute approximate surface area is 101 Å². The zero-order valence-corrected chi connectivity index (χ0v) is 10.3. The quantitative estimate of drug-likeness (QED) is 0.781. The third kappa shape index (κ3) is 1.98. The van der Waals surface area contributed by atoms with E-state index in [0.29, 0.717) is 5.75 Å². The van der Waals surface area contributed by atoms with Crippen LogP contribution in [0.25, 0.3) is 11.1 Å². The van der Waals surface area contributed by atoms with Crippen molar-refractivity contribution in [2.24, 2.45) is 0 Å². The summed E-state index contributed by atoms with van der Waals surface area (Å²) >= 11 is 0. The van der Waals surface area contributed by atoms with Crippen molar-refractivity contribution in [2.75, 3.05) is 0 Å². The molecule has 0 saturated heterocycles. The van der Waals surface area contributed by atoms with Gasteiger partial charge in [0.25, 0.3) is 0 Å². The van der Waals surface area contributed by atoms with Gasteiger partial charge in [-0.25, -0.2) is 0 Å². The standard InChI is InChI=1S/C15H16O2/c1-9-4-5-12(16)8-14(9)13-6-7-15(17)11(3)10(13)2/h4-8,16-17H,1-3H3. The van der Waals surface area contributed by atoms with Gasteiger partial charge in [0.05, 0.1) is 0 Å². The minimum absolute atomic E-state index is 0.260. The molecule has 2 rings (SSSR count). The van der Waals surface area contributed by atoms with Gasteiger partial charge in [0.15, 0.2) is 0 Å². The fourth-order valence-corrected chi connectivity index (χ4v) is 2.00. The molecule has 0 saturated carbocycles. The Hall–Kier alpha value is -1.96. The molecule has 0 aromatic heterocycles. The van der Waals surface area contributed by atoms with E-state index >= 15 is 0 Å². The largest absolute Gasteiger partial charge is 0.508 e. The topological polar surface area (TPSA) is 40.5 Å². The SMILES string of the molecule is Cc1ccc(O)cc1-c1ccc(O)c(C)c1C. The van der Waals surface area contributed by atoms with Gasteiger partial charge in [-0.2, -0.15) is 0 Å². The summed E-state index contributed by atoms with van der Waals surface area (Å²) in [7, 11) is 0. The maximum absolute atomic E-state index is 9.65. The molecule has 0 aliphatic carbocycles. The summed E-state index contributed by atoms with van der Waals surface area (Å²) < 4.78 is 0. The molecular formula is C15H16O2. The number of aryl methyl sites for hydroxylation is 1. The third-order valence-corrected chi connectivity index (χ3v) is 3.27. The van der Waals surface area contributed by atoms with Crippen LogP contribution in [0.1, 0.15) is 16.7 Å². The first-order valence-electron chi connectivity index (χ1n) is 5.60. The highest BCUT2D eigenvalue weighted by Crippen LogP contribution is 2.33. The average molecular weight is 228 g/mol. The van der Waals surface area contributed by atoms with E-state index in [2.05, 4.69) is 0 Å². The summed E-state index contributed by atoms with van der Waals surface area (Å²) in [6.07, 6.45) is 0. The van der Waals surface area contributed by atoms with E-state index in [0.717, 1.165) is 27.8 Å². The van der Waals surface area contributed by atoms with Crippen LogP contribution in [0.3, 0.4) is 0 Å². The van der Waals surface area contributed by atoms with E-state index in [1.807, 2.05) is 32.9 Å². The fourth-order valence-electron chi connectivity index (χ4n) is 2.00. The van der Waals surface area contributed by atoms with Crippen molar-refractivity contribution in [3.8, 4) is 22.6 Å². The molecular weight excluding hydrogens is 212 g/mol. The van der Waals surface area contributed by atoms with E-state index in [9.17, 15) is 10.2 Å². The molecule has 0 atom stereocenters. The molecule has 0 heterocycles. The molecule has 0 bridgehead atoms. The van der Waals surface area contributed by atoms with Crippen molar-refractivity contribution in [1.29, 1.82) is 0 Å². The minimum atomic E-state index is 0.260. The molecule has 0 amide bonds. The Balaban J connectivity index is 2.69. The molecule has 2 N–H and O–H groups in total. The molecule has 2 aromatic rings. The molecule has 0 unspecified atom stereocenters. The Kier molecular flexibility index (Phi) is 2.80. The Morgan fingerprint density at radius 3 is 2.18 bits per heavy atom. The second-order valence-corrected chi connectivity index (χ2v) is 4.38. The second-order valence-electron chi connectivity index (χ2n) is 4.38. The first-order valence-corrected chi connectivity index (χ1v) is 5.60. The van der Waals surface area contributed by atoms with Gasteiger partial charge >= 0.3 is 0 Å². The zero-order chi connectivity index (χ0) is 12.6. The third-order valence-electron chi connectivity index (χ3n) is 3.27. The normalized spacial score (nSPS) is 10.5. The van der Waals surface area contributed by atoms with Crippen LogP contribution in [-0.4, -0.2) is 10.2 Å². The van der Waals surface area contributed by atoms with Crippen molar-refractivity contribution in [2.45, 2.75) is 20.8 Å². The Bertz CT molecular complexity index is 571. The van der Waals surface area contributed by atoms with Gasteiger partial charge in [-0.15, -0.1) is 0 Å². The predicted octanol–water partition coefficient (Wildman–Crippen LogP) is 3.69. The van der Waals surface area contributed by atoms with Crippen LogP contribution < -0.4 is 0 Å². The van der Waals surface area contributed by atoms with Crippen molar-refractivity contribution >= 4 is 0 Å². The molecule has 2 aromatic carbocycles. The maximum Gasteiger partial charge on any atom is 0.118 e. The van der Waals surface area contributed by atoms with Crippen molar-refractivity contribution in [3.63, 3.8) is 0 Å². The molecule has 0 aliphatic rings. The molecule has 17 heavy (non-hydrogen) atoms. The van der Waals surface area contributed by atoms with E-state index < -0.39 is 0 Å². The number of aromatic hydroxyl groups is 2. The van der Waals surface area contributed by atoms with Crippen LogP contribution in [0.2, 0.25) is 0 Å². The molecule has 0 radical (unpaired) electrons. The van der Waals surface area contributed by atoms with Crippen LogP contribution in [0, 0.1) is 20.8 Å². The highest BCUT2D eigenvalue weighted by Gasteiger charge is 2.09. The van der Waals surface area contributed by atoms with Crippen molar-refractivity contribution in [1.82, 2.24) is 0 Å². The van der Waals surface area contributed by atoms with E-state index in [1.165, 1.54) is 0 Å². The summed E-state index contributed by atoms with van der Waals surface area (Å²) in [5.74, 6) is 0.569. The molecule has 0 spiro atoms. The summed E-state index contributed by atoms with van der Waals surface area (Å²) in [6.45, 7) is 5.89. The van der Waals surface area contributed by atoms with E-state index in [4.69, 9.17) is 0 Å². The van der Waals surface area contributed by atoms with Gasteiger partial charge in [-0.1, -0.05) is 12.1 Å².